The van der Waals surface area contributed by atoms with Gasteiger partial charge in [0.15, 0.2) is 0 Å². The highest BCUT2D eigenvalue weighted by Crippen LogP contribution is 2.51. The highest BCUT2D eigenvalue weighted by Gasteiger charge is 2.45. The highest BCUT2D eigenvalue weighted by atomic mass is 16.3. The molecule has 0 radical (unpaired) electrons. The average molecular weight is 234 g/mol. The zero-order valence-electron chi connectivity index (χ0n) is 11.2. The van der Waals surface area contributed by atoms with Crippen molar-refractivity contribution in [1.82, 2.24) is 0 Å². The Morgan fingerprint density at radius 1 is 1.18 bits per heavy atom. The first kappa shape index (κ1) is 12.6. The van der Waals surface area contributed by atoms with Gasteiger partial charge < -0.3 is 10.2 Å². The highest BCUT2D eigenvalue weighted by molar-refractivity contribution is 5.52. The fraction of sp³-hybridized carbons (Fsp3) is 0.600. The Morgan fingerprint density at radius 2 is 1.82 bits per heavy atom. The van der Waals surface area contributed by atoms with Crippen LogP contribution >= 0.6 is 0 Å². The summed E-state index contributed by atoms with van der Waals surface area (Å²) in [5.74, 6) is 0. The first-order valence-corrected chi connectivity index (χ1v) is 6.21. The molecule has 0 aliphatic heterocycles. The average Bonchev–Trinajstić information content (AvgIpc) is 2.47. The Morgan fingerprint density at radius 3 is 2.35 bits per heavy atom. The van der Waals surface area contributed by atoms with Crippen molar-refractivity contribution in [2.24, 2.45) is 0 Å². The van der Waals surface area contributed by atoms with Crippen molar-refractivity contribution in [3.05, 3.63) is 34.4 Å². The molecule has 1 aromatic rings. The van der Waals surface area contributed by atoms with Gasteiger partial charge in [0.2, 0.25) is 0 Å². The minimum Gasteiger partial charge on any atom is -0.395 e. The van der Waals surface area contributed by atoms with Crippen LogP contribution in [0.15, 0.2) is 12.1 Å². The monoisotopic (exact) mass is 234 g/mol. The van der Waals surface area contributed by atoms with Crippen LogP contribution in [0.25, 0.3) is 0 Å². The molecule has 2 nitrogen and oxygen atoms in total. The number of benzene rings is 1. The van der Waals surface area contributed by atoms with E-state index in [9.17, 15) is 10.2 Å². The van der Waals surface area contributed by atoms with Crippen LogP contribution < -0.4 is 0 Å². The summed E-state index contributed by atoms with van der Waals surface area (Å²) in [6.45, 7) is 8.74. The summed E-state index contributed by atoms with van der Waals surface area (Å²) in [7, 11) is 0. The van der Waals surface area contributed by atoms with Crippen LogP contribution in [0.4, 0.5) is 0 Å². The van der Waals surface area contributed by atoms with Crippen molar-refractivity contribution in [2.45, 2.75) is 51.6 Å². The maximum absolute atomic E-state index is 9.73. The fourth-order valence-corrected chi connectivity index (χ4v) is 3.50. The first-order chi connectivity index (χ1) is 7.85. The van der Waals surface area contributed by atoms with Crippen molar-refractivity contribution >= 4 is 0 Å². The van der Waals surface area contributed by atoms with Crippen molar-refractivity contribution in [3.63, 3.8) is 0 Å². The molecule has 1 aliphatic carbocycles. The normalized spacial score (nSPS) is 26.0. The van der Waals surface area contributed by atoms with Crippen LogP contribution in [-0.4, -0.2) is 16.8 Å². The molecule has 0 aromatic heterocycles. The molecular weight excluding hydrogens is 212 g/mol. The number of aryl methyl sites for hydroxylation is 1. The Kier molecular flexibility index (Phi) is 2.83. The minimum atomic E-state index is -0.219. The summed E-state index contributed by atoms with van der Waals surface area (Å²) < 4.78 is 0. The third kappa shape index (κ3) is 1.71. The third-order valence-electron chi connectivity index (χ3n) is 4.22. The van der Waals surface area contributed by atoms with Crippen LogP contribution in [0.2, 0.25) is 0 Å². The molecule has 0 fully saturated rings. The second-order valence-corrected chi connectivity index (χ2v) is 6.22. The van der Waals surface area contributed by atoms with Gasteiger partial charge in [-0.3, -0.25) is 0 Å². The van der Waals surface area contributed by atoms with E-state index in [0.717, 1.165) is 17.5 Å². The molecule has 0 saturated carbocycles. The number of aliphatic hydroxyl groups excluding tert-OH is 2. The van der Waals surface area contributed by atoms with E-state index in [1.165, 1.54) is 11.1 Å². The summed E-state index contributed by atoms with van der Waals surface area (Å²) in [6, 6.07) is 4.24. The molecule has 0 spiro atoms. The van der Waals surface area contributed by atoms with E-state index in [2.05, 4.69) is 32.9 Å². The zero-order valence-corrected chi connectivity index (χ0v) is 11.2. The molecule has 2 rings (SSSR count). The van der Waals surface area contributed by atoms with Gasteiger partial charge in [-0.1, -0.05) is 32.9 Å². The molecule has 94 valence electrons. The second-order valence-electron chi connectivity index (χ2n) is 6.22. The van der Waals surface area contributed by atoms with E-state index in [1.54, 1.807) is 0 Å². The number of hydrogen-bond acceptors (Lipinski definition) is 2. The minimum absolute atomic E-state index is 0.0562. The Bertz CT molecular complexity index is 448. The lowest BCUT2D eigenvalue weighted by molar-refractivity contribution is 0.188. The Balaban J connectivity index is 2.75. The van der Waals surface area contributed by atoms with Gasteiger partial charge in [0.05, 0.1) is 13.2 Å². The maximum Gasteiger partial charge on any atom is 0.0687 e. The molecule has 2 N–H and O–H groups in total. The fourth-order valence-electron chi connectivity index (χ4n) is 3.50. The number of rotatable bonds is 2. The predicted octanol–water partition coefficient (Wildman–Crippen LogP) is 2.42. The topological polar surface area (TPSA) is 40.5 Å². The van der Waals surface area contributed by atoms with Gasteiger partial charge in [-0.05, 0) is 41.0 Å². The predicted molar refractivity (Wildman–Crippen MR) is 69.2 cm³/mol. The molecule has 1 atom stereocenters. The quantitative estimate of drug-likeness (QED) is 0.825. The second kappa shape index (κ2) is 3.82. The molecule has 0 amide bonds. The standard InChI is InChI=1S/C15H22O2/c1-10-5-6-12-13(11(10)7-16)15(4,9-17)8-14(12,2)3/h5-6,16-17H,7-9H2,1-4H3/t15-/m1/s1. The lowest BCUT2D eigenvalue weighted by Crippen LogP contribution is -2.27. The molecule has 1 aliphatic rings. The lowest BCUT2D eigenvalue weighted by atomic mass is 9.80. The maximum atomic E-state index is 9.73. The van der Waals surface area contributed by atoms with Crippen LogP contribution in [0, 0.1) is 6.92 Å². The largest absolute Gasteiger partial charge is 0.395 e. The SMILES string of the molecule is Cc1ccc2c(c1CO)[C@@](C)(CO)CC2(C)C. The van der Waals surface area contributed by atoms with Crippen LogP contribution in [-0.2, 0) is 17.4 Å². The van der Waals surface area contributed by atoms with Gasteiger partial charge >= 0.3 is 0 Å². The Labute approximate surface area is 103 Å². The summed E-state index contributed by atoms with van der Waals surface area (Å²) in [5, 5.41) is 19.3. The van der Waals surface area contributed by atoms with Gasteiger partial charge in [-0.2, -0.15) is 0 Å². The van der Waals surface area contributed by atoms with Crippen LogP contribution in [0.5, 0.6) is 0 Å². The van der Waals surface area contributed by atoms with Crippen molar-refractivity contribution < 1.29 is 10.2 Å². The first-order valence-electron chi connectivity index (χ1n) is 6.21. The summed E-state index contributed by atoms with van der Waals surface area (Å²) in [6.07, 6.45) is 0.933. The molecule has 0 unspecified atom stereocenters. The molecule has 0 bridgehead atoms. The summed E-state index contributed by atoms with van der Waals surface area (Å²) in [5.41, 5.74) is 4.43. The molecule has 1 aromatic carbocycles. The molecule has 17 heavy (non-hydrogen) atoms. The van der Waals surface area contributed by atoms with Gasteiger partial charge in [0.1, 0.15) is 0 Å². The molecular formula is C15H22O2. The number of hydrogen-bond donors (Lipinski definition) is 2. The van der Waals surface area contributed by atoms with Crippen LogP contribution in [0.3, 0.4) is 0 Å². The molecule has 0 saturated heterocycles. The van der Waals surface area contributed by atoms with E-state index < -0.39 is 0 Å². The van der Waals surface area contributed by atoms with E-state index >= 15 is 0 Å². The van der Waals surface area contributed by atoms with E-state index in [1.807, 2.05) is 6.92 Å². The van der Waals surface area contributed by atoms with E-state index in [0.29, 0.717) is 0 Å². The molecule has 2 heteroatoms. The van der Waals surface area contributed by atoms with Gasteiger partial charge in [-0.15, -0.1) is 0 Å². The van der Waals surface area contributed by atoms with Crippen LogP contribution in [0.1, 0.15) is 49.4 Å². The van der Waals surface area contributed by atoms with Gasteiger partial charge in [0, 0.05) is 5.41 Å². The number of fused-ring (bicyclic) bond motifs is 1. The smallest absolute Gasteiger partial charge is 0.0687 e. The molecule has 0 heterocycles. The Hall–Kier alpha value is -0.860. The van der Waals surface area contributed by atoms with Crippen molar-refractivity contribution in [3.8, 4) is 0 Å². The van der Waals surface area contributed by atoms with Gasteiger partial charge in [-0.25, -0.2) is 0 Å². The third-order valence-corrected chi connectivity index (χ3v) is 4.22. The summed E-state index contributed by atoms with van der Waals surface area (Å²) >= 11 is 0. The van der Waals surface area contributed by atoms with Crippen molar-refractivity contribution in [2.75, 3.05) is 6.61 Å². The van der Waals surface area contributed by atoms with Crippen molar-refractivity contribution in [1.29, 1.82) is 0 Å². The number of aliphatic hydroxyl groups is 2. The summed E-state index contributed by atoms with van der Waals surface area (Å²) in [4.78, 5) is 0. The van der Waals surface area contributed by atoms with E-state index in [4.69, 9.17) is 0 Å². The van der Waals surface area contributed by atoms with E-state index in [-0.39, 0.29) is 24.0 Å². The lowest BCUT2D eigenvalue weighted by Gasteiger charge is -2.26. The van der Waals surface area contributed by atoms with Gasteiger partial charge in [0.25, 0.3) is 0 Å². The zero-order chi connectivity index (χ0) is 12.8.